The number of fused-ring (bicyclic) bond motifs is 1. The zero-order chi connectivity index (χ0) is 21.6. The summed E-state index contributed by atoms with van der Waals surface area (Å²) in [5.41, 5.74) is 1.69. The Morgan fingerprint density at radius 1 is 0.935 bits per heavy atom. The van der Waals surface area contributed by atoms with E-state index in [0.29, 0.717) is 29.4 Å². The summed E-state index contributed by atoms with van der Waals surface area (Å²) < 4.78 is 16.6. The molecule has 0 aliphatic heterocycles. The van der Waals surface area contributed by atoms with Gasteiger partial charge in [-0.25, -0.2) is 4.79 Å². The first-order valence-electron chi connectivity index (χ1n) is 9.85. The fourth-order valence-corrected chi connectivity index (χ4v) is 2.99. The van der Waals surface area contributed by atoms with Crippen LogP contribution in [0.1, 0.15) is 12.5 Å². The van der Waals surface area contributed by atoms with Crippen LogP contribution in [0, 0.1) is 0 Å². The minimum absolute atomic E-state index is 0.299. The smallest absolute Gasteiger partial charge is 0.336 e. The summed E-state index contributed by atoms with van der Waals surface area (Å²) in [5, 5.41) is 3.59. The van der Waals surface area contributed by atoms with Crippen molar-refractivity contribution in [3.8, 4) is 11.5 Å². The van der Waals surface area contributed by atoms with Crippen molar-refractivity contribution in [3.63, 3.8) is 0 Å². The van der Waals surface area contributed by atoms with Gasteiger partial charge in [-0.05, 0) is 55.0 Å². The van der Waals surface area contributed by atoms with Gasteiger partial charge in [-0.3, -0.25) is 4.79 Å². The molecule has 1 amide bonds. The quantitative estimate of drug-likeness (QED) is 0.440. The molecule has 31 heavy (non-hydrogen) atoms. The highest BCUT2D eigenvalue weighted by Gasteiger charge is 2.15. The number of benzene rings is 3. The van der Waals surface area contributed by atoms with Crippen LogP contribution in [-0.2, 0) is 11.4 Å². The number of carbonyl (C=O) groups excluding carboxylic acids is 1. The van der Waals surface area contributed by atoms with Crippen molar-refractivity contribution >= 4 is 22.6 Å². The molecule has 1 aromatic heterocycles. The molecule has 6 nitrogen and oxygen atoms in total. The Bertz CT molecular complexity index is 1230. The molecule has 3 aromatic carbocycles. The van der Waals surface area contributed by atoms with Gasteiger partial charge in [-0.15, -0.1) is 0 Å². The third kappa shape index (κ3) is 5.30. The number of amides is 1. The van der Waals surface area contributed by atoms with Gasteiger partial charge in [0, 0.05) is 23.2 Å². The second-order valence-corrected chi connectivity index (χ2v) is 7.00. The monoisotopic (exact) mass is 415 g/mol. The maximum atomic E-state index is 12.5. The summed E-state index contributed by atoms with van der Waals surface area (Å²) in [6, 6.07) is 25.2. The van der Waals surface area contributed by atoms with E-state index in [9.17, 15) is 9.59 Å². The predicted octanol–water partition coefficient (Wildman–Crippen LogP) is 4.78. The summed E-state index contributed by atoms with van der Waals surface area (Å²) >= 11 is 0. The van der Waals surface area contributed by atoms with E-state index in [2.05, 4.69) is 5.32 Å². The molecule has 0 spiro atoms. The molecule has 0 fully saturated rings. The van der Waals surface area contributed by atoms with Crippen LogP contribution in [0.15, 0.2) is 94.1 Å². The third-order valence-corrected chi connectivity index (χ3v) is 4.65. The minimum Gasteiger partial charge on any atom is -0.489 e. The summed E-state index contributed by atoms with van der Waals surface area (Å²) in [7, 11) is 0. The van der Waals surface area contributed by atoms with Crippen molar-refractivity contribution in [2.75, 3.05) is 5.32 Å². The first-order valence-corrected chi connectivity index (χ1v) is 9.85. The molecular weight excluding hydrogens is 394 g/mol. The zero-order valence-corrected chi connectivity index (χ0v) is 16.9. The third-order valence-electron chi connectivity index (χ3n) is 4.65. The molecule has 156 valence electrons. The minimum atomic E-state index is -0.748. The number of hydrogen-bond donors (Lipinski definition) is 1. The molecule has 0 unspecified atom stereocenters. The van der Waals surface area contributed by atoms with E-state index < -0.39 is 11.7 Å². The standard InChI is InChI=1S/C25H21NO5/c1-17(30-22-11-7-19-8-14-24(27)31-23(19)15-22)25(28)26-20-9-12-21(13-10-20)29-16-18-5-3-2-4-6-18/h2-15,17H,16H2,1H3,(H,26,28)/t17-/m1/s1. The van der Waals surface area contributed by atoms with Crippen molar-refractivity contribution in [2.24, 2.45) is 0 Å². The second kappa shape index (κ2) is 9.17. The first-order chi connectivity index (χ1) is 15.1. The predicted molar refractivity (Wildman–Crippen MR) is 118 cm³/mol. The SMILES string of the molecule is C[C@@H](Oc1ccc2ccc(=O)oc2c1)C(=O)Nc1ccc(OCc2ccccc2)cc1. The summed E-state index contributed by atoms with van der Waals surface area (Å²) in [4.78, 5) is 23.9. The van der Waals surface area contributed by atoms with Gasteiger partial charge in [0.15, 0.2) is 6.10 Å². The van der Waals surface area contributed by atoms with Crippen molar-refractivity contribution in [3.05, 3.63) is 101 Å². The Balaban J connectivity index is 1.33. The summed E-state index contributed by atoms with van der Waals surface area (Å²) in [5.74, 6) is 0.852. The van der Waals surface area contributed by atoms with Gasteiger partial charge in [0.2, 0.25) is 0 Å². The highest BCUT2D eigenvalue weighted by molar-refractivity contribution is 5.94. The molecule has 1 N–H and O–H groups in total. The van der Waals surface area contributed by atoms with Crippen LogP contribution in [-0.4, -0.2) is 12.0 Å². The van der Waals surface area contributed by atoms with Crippen LogP contribution in [0.5, 0.6) is 11.5 Å². The molecule has 0 saturated heterocycles. The number of nitrogens with one attached hydrogen (secondary N) is 1. The van der Waals surface area contributed by atoms with Crippen LogP contribution in [0.2, 0.25) is 0 Å². The number of hydrogen-bond acceptors (Lipinski definition) is 5. The van der Waals surface area contributed by atoms with E-state index in [-0.39, 0.29) is 5.91 Å². The van der Waals surface area contributed by atoms with Gasteiger partial charge in [0.1, 0.15) is 23.7 Å². The van der Waals surface area contributed by atoms with E-state index in [1.807, 2.05) is 30.3 Å². The van der Waals surface area contributed by atoms with Crippen LogP contribution in [0.25, 0.3) is 11.0 Å². The van der Waals surface area contributed by atoms with Crippen molar-refractivity contribution in [1.29, 1.82) is 0 Å². The van der Waals surface area contributed by atoms with Gasteiger partial charge in [0.05, 0.1) is 0 Å². The largest absolute Gasteiger partial charge is 0.489 e. The zero-order valence-electron chi connectivity index (χ0n) is 16.9. The highest BCUT2D eigenvalue weighted by atomic mass is 16.5. The highest BCUT2D eigenvalue weighted by Crippen LogP contribution is 2.21. The first kappa shape index (κ1) is 20.2. The van der Waals surface area contributed by atoms with Gasteiger partial charge < -0.3 is 19.2 Å². The average molecular weight is 415 g/mol. The van der Waals surface area contributed by atoms with Gasteiger partial charge in [-0.1, -0.05) is 30.3 Å². The normalized spacial score (nSPS) is 11.6. The van der Waals surface area contributed by atoms with Crippen LogP contribution < -0.4 is 20.4 Å². The Hall–Kier alpha value is -4.06. The number of rotatable bonds is 7. The van der Waals surface area contributed by atoms with E-state index >= 15 is 0 Å². The Morgan fingerprint density at radius 2 is 1.65 bits per heavy atom. The van der Waals surface area contributed by atoms with Crippen molar-refractivity contribution in [2.45, 2.75) is 19.6 Å². The lowest BCUT2D eigenvalue weighted by atomic mass is 10.2. The molecule has 0 saturated carbocycles. The maximum absolute atomic E-state index is 12.5. The fraction of sp³-hybridized carbons (Fsp3) is 0.120. The van der Waals surface area contributed by atoms with Crippen molar-refractivity contribution < 1.29 is 18.7 Å². The van der Waals surface area contributed by atoms with Gasteiger partial charge in [-0.2, -0.15) is 0 Å². The summed E-state index contributed by atoms with van der Waals surface area (Å²) in [6.07, 6.45) is -0.748. The molecule has 1 atom stereocenters. The summed E-state index contributed by atoms with van der Waals surface area (Å²) in [6.45, 7) is 2.13. The molecule has 0 bridgehead atoms. The molecule has 0 radical (unpaired) electrons. The van der Waals surface area contributed by atoms with Crippen molar-refractivity contribution in [1.82, 2.24) is 0 Å². The Kier molecular flexibility index (Phi) is 5.98. The number of ether oxygens (including phenoxy) is 2. The topological polar surface area (TPSA) is 77.8 Å². The number of carbonyl (C=O) groups is 1. The van der Waals surface area contributed by atoms with Crippen LogP contribution in [0.4, 0.5) is 5.69 Å². The molecular formula is C25H21NO5. The van der Waals surface area contributed by atoms with Gasteiger partial charge >= 0.3 is 5.63 Å². The van der Waals surface area contributed by atoms with Crippen LogP contribution >= 0.6 is 0 Å². The number of anilines is 1. The lowest BCUT2D eigenvalue weighted by Crippen LogP contribution is -2.30. The average Bonchev–Trinajstić information content (AvgIpc) is 2.79. The Labute approximate surface area is 179 Å². The molecule has 4 aromatic rings. The Morgan fingerprint density at radius 3 is 2.42 bits per heavy atom. The van der Waals surface area contributed by atoms with Crippen LogP contribution in [0.3, 0.4) is 0 Å². The molecule has 4 rings (SSSR count). The second-order valence-electron chi connectivity index (χ2n) is 7.00. The molecule has 0 aliphatic rings. The van der Waals surface area contributed by atoms with E-state index in [1.165, 1.54) is 6.07 Å². The molecule has 6 heteroatoms. The van der Waals surface area contributed by atoms with E-state index in [4.69, 9.17) is 13.9 Å². The van der Waals surface area contributed by atoms with E-state index in [1.54, 1.807) is 55.5 Å². The molecule has 1 heterocycles. The fourth-order valence-electron chi connectivity index (χ4n) is 2.99. The lowest BCUT2D eigenvalue weighted by molar-refractivity contribution is -0.122. The maximum Gasteiger partial charge on any atom is 0.336 e. The van der Waals surface area contributed by atoms with E-state index in [0.717, 1.165) is 10.9 Å². The molecule has 0 aliphatic carbocycles. The van der Waals surface area contributed by atoms with Gasteiger partial charge in [0.25, 0.3) is 5.91 Å². The lowest BCUT2D eigenvalue weighted by Gasteiger charge is -2.15.